The number of para-hydroxylation sites is 4. The maximum atomic E-state index is 6.79. The first-order valence-electron chi connectivity index (χ1n) is 21.4. The fourth-order valence-electron chi connectivity index (χ4n) is 8.90. The van der Waals surface area contributed by atoms with Crippen molar-refractivity contribution in [1.82, 2.24) is 0 Å². The average Bonchev–Trinajstić information content (AvgIpc) is 3.75. The van der Waals surface area contributed by atoms with Crippen LogP contribution in [0.15, 0.2) is 259 Å². The van der Waals surface area contributed by atoms with E-state index in [4.69, 9.17) is 4.42 Å². The van der Waals surface area contributed by atoms with Crippen molar-refractivity contribution < 1.29 is 4.42 Å². The molecule has 0 bridgehead atoms. The van der Waals surface area contributed by atoms with Gasteiger partial charge in [-0.05, 0) is 94.0 Å². The minimum atomic E-state index is 0.837. The summed E-state index contributed by atoms with van der Waals surface area (Å²) in [7, 11) is 0. The molecule has 0 N–H and O–H groups in total. The molecule has 0 aliphatic heterocycles. The summed E-state index contributed by atoms with van der Waals surface area (Å²) in [6.07, 6.45) is 0. The van der Waals surface area contributed by atoms with Crippen LogP contribution in [0, 0.1) is 0 Å². The van der Waals surface area contributed by atoms with Crippen molar-refractivity contribution in [1.29, 1.82) is 0 Å². The van der Waals surface area contributed by atoms with Crippen molar-refractivity contribution in [3.63, 3.8) is 0 Å². The molecule has 11 aromatic rings. The second-order valence-corrected chi connectivity index (χ2v) is 15.7. The zero-order chi connectivity index (χ0) is 42.0. The number of anilines is 6. The summed E-state index contributed by atoms with van der Waals surface area (Å²) in [6.45, 7) is 0. The Morgan fingerprint density at radius 3 is 1.14 bits per heavy atom. The van der Waals surface area contributed by atoms with E-state index in [2.05, 4.69) is 259 Å². The van der Waals surface area contributed by atoms with Gasteiger partial charge < -0.3 is 14.2 Å². The summed E-state index contributed by atoms with van der Waals surface area (Å²) in [5.41, 5.74) is 17.0. The molecular weight excluding hydrogens is 765 g/mol. The first-order chi connectivity index (χ1) is 31.3. The predicted molar refractivity (Wildman–Crippen MR) is 265 cm³/mol. The van der Waals surface area contributed by atoms with Crippen molar-refractivity contribution in [2.24, 2.45) is 0 Å². The molecule has 0 aliphatic rings. The highest BCUT2D eigenvalue weighted by Crippen LogP contribution is 2.49. The summed E-state index contributed by atoms with van der Waals surface area (Å²) in [4.78, 5) is 4.78. The van der Waals surface area contributed by atoms with E-state index in [1.807, 2.05) is 6.07 Å². The molecule has 1 heterocycles. The normalized spacial score (nSPS) is 11.2. The van der Waals surface area contributed by atoms with Gasteiger partial charge in [0, 0.05) is 39.0 Å². The summed E-state index contributed by atoms with van der Waals surface area (Å²) in [5.74, 6) is 0. The zero-order valence-electron chi connectivity index (χ0n) is 34.6. The van der Waals surface area contributed by atoms with Crippen molar-refractivity contribution in [2.75, 3.05) is 9.80 Å². The van der Waals surface area contributed by atoms with Gasteiger partial charge in [0.1, 0.15) is 5.58 Å². The van der Waals surface area contributed by atoms with Crippen LogP contribution in [0.25, 0.3) is 66.4 Å². The Morgan fingerprint density at radius 1 is 0.254 bits per heavy atom. The quantitative estimate of drug-likeness (QED) is 0.137. The van der Waals surface area contributed by atoms with Crippen LogP contribution in [0.4, 0.5) is 34.1 Å². The predicted octanol–water partition coefficient (Wildman–Crippen LogP) is 17.2. The molecule has 0 saturated carbocycles. The lowest BCUT2D eigenvalue weighted by molar-refractivity contribution is 0.669. The van der Waals surface area contributed by atoms with E-state index in [9.17, 15) is 0 Å². The van der Waals surface area contributed by atoms with Crippen LogP contribution in [0.3, 0.4) is 0 Å². The molecule has 63 heavy (non-hydrogen) atoms. The first-order valence-corrected chi connectivity index (χ1v) is 21.4. The van der Waals surface area contributed by atoms with Crippen LogP contribution >= 0.6 is 0 Å². The van der Waals surface area contributed by atoms with E-state index < -0.39 is 0 Å². The van der Waals surface area contributed by atoms with Gasteiger partial charge in [-0.1, -0.05) is 194 Å². The second-order valence-electron chi connectivity index (χ2n) is 15.7. The molecule has 0 amide bonds. The third kappa shape index (κ3) is 7.22. The number of nitrogens with zero attached hydrogens (tertiary/aromatic N) is 2. The van der Waals surface area contributed by atoms with Gasteiger partial charge in [-0.15, -0.1) is 0 Å². The highest BCUT2D eigenvalue weighted by atomic mass is 16.3. The maximum Gasteiger partial charge on any atom is 0.159 e. The van der Waals surface area contributed by atoms with Crippen LogP contribution in [0.1, 0.15) is 0 Å². The summed E-state index contributed by atoms with van der Waals surface area (Å²) in [6, 6.07) is 90.8. The SMILES string of the molecule is c1ccc(-c2cccc(N(c3cccc(-c4ccccc4)c3)c3ccccc3-c3ccccc3N(c3cccc(-c4ccccc4)c3)c3cccc4c3oc3ccccc34)c2)cc1. The van der Waals surface area contributed by atoms with Crippen LogP contribution in [0.5, 0.6) is 0 Å². The number of benzene rings is 10. The van der Waals surface area contributed by atoms with E-state index in [1.54, 1.807) is 0 Å². The summed E-state index contributed by atoms with van der Waals surface area (Å²) in [5, 5.41) is 2.17. The largest absolute Gasteiger partial charge is 0.454 e. The number of rotatable bonds is 10. The Balaban J connectivity index is 1.14. The maximum absolute atomic E-state index is 6.79. The number of fused-ring (bicyclic) bond motifs is 3. The van der Waals surface area contributed by atoms with Crippen molar-refractivity contribution in [3.05, 3.63) is 255 Å². The molecule has 0 atom stereocenters. The Hall–Kier alpha value is -8.40. The standard InChI is InChI=1S/C60H42N2O/c1-4-20-43(21-5-1)46-26-16-29-49(40-46)61(50-30-17-27-47(41-50)44-22-6-2-7-23-44)56-36-13-10-32-52(56)53-33-11-14-37-57(53)62(51-31-18-28-48(42-51)45-24-8-3-9-25-45)58-38-19-35-55-54-34-12-15-39-59(54)63-60(55)58/h1-42H. The molecule has 3 heteroatoms. The number of furan rings is 1. The highest BCUT2D eigenvalue weighted by Gasteiger charge is 2.25. The molecule has 0 unspecified atom stereocenters. The molecular formula is C60H42N2O. The molecule has 11 rings (SSSR count). The van der Waals surface area contributed by atoms with Crippen molar-refractivity contribution >= 4 is 56.1 Å². The van der Waals surface area contributed by atoms with Gasteiger partial charge >= 0.3 is 0 Å². The lowest BCUT2D eigenvalue weighted by Gasteiger charge is -2.31. The van der Waals surface area contributed by atoms with Gasteiger partial charge in [0.2, 0.25) is 0 Å². The monoisotopic (exact) mass is 806 g/mol. The van der Waals surface area contributed by atoms with E-state index in [0.29, 0.717) is 0 Å². The number of hydrogen-bond acceptors (Lipinski definition) is 3. The second kappa shape index (κ2) is 16.6. The van der Waals surface area contributed by atoms with Gasteiger partial charge in [-0.2, -0.15) is 0 Å². The van der Waals surface area contributed by atoms with Gasteiger partial charge in [-0.25, -0.2) is 0 Å². The average molecular weight is 807 g/mol. The van der Waals surface area contributed by atoms with E-state index in [0.717, 1.165) is 89.4 Å². The Kier molecular flexibility index (Phi) is 9.89. The smallest absolute Gasteiger partial charge is 0.159 e. The summed E-state index contributed by atoms with van der Waals surface area (Å²) < 4.78 is 6.79. The molecule has 298 valence electrons. The third-order valence-electron chi connectivity index (χ3n) is 11.8. The molecule has 0 saturated heterocycles. The fraction of sp³-hybridized carbons (Fsp3) is 0. The van der Waals surface area contributed by atoms with Crippen LogP contribution in [0.2, 0.25) is 0 Å². The van der Waals surface area contributed by atoms with Crippen LogP contribution in [-0.2, 0) is 0 Å². The minimum Gasteiger partial charge on any atom is -0.454 e. The molecule has 1 aromatic heterocycles. The van der Waals surface area contributed by atoms with Gasteiger partial charge in [0.15, 0.2) is 5.58 Å². The Bertz CT molecular complexity index is 3270. The zero-order valence-corrected chi connectivity index (χ0v) is 34.6. The fourth-order valence-corrected chi connectivity index (χ4v) is 8.90. The van der Waals surface area contributed by atoms with E-state index in [-0.39, 0.29) is 0 Å². The molecule has 3 nitrogen and oxygen atoms in total. The molecule has 0 aliphatic carbocycles. The number of hydrogen-bond donors (Lipinski definition) is 0. The lowest BCUT2D eigenvalue weighted by atomic mass is 9.97. The molecule has 0 spiro atoms. The lowest BCUT2D eigenvalue weighted by Crippen LogP contribution is -2.14. The van der Waals surface area contributed by atoms with Gasteiger partial charge in [-0.3, -0.25) is 0 Å². The van der Waals surface area contributed by atoms with Gasteiger partial charge in [0.05, 0.1) is 17.1 Å². The topological polar surface area (TPSA) is 19.6 Å². The molecule has 0 fully saturated rings. The van der Waals surface area contributed by atoms with Crippen LogP contribution in [-0.4, -0.2) is 0 Å². The van der Waals surface area contributed by atoms with Crippen LogP contribution < -0.4 is 9.80 Å². The van der Waals surface area contributed by atoms with E-state index in [1.165, 1.54) is 11.1 Å². The molecule has 0 radical (unpaired) electrons. The third-order valence-corrected chi connectivity index (χ3v) is 11.8. The minimum absolute atomic E-state index is 0.837. The van der Waals surface area contributed by atoms with Crippen molar-refractivity contribution in [3.8, 4) is 44.5 Å². The highest BCUT2D eigenvalue weighted by molar-refractivity contribution is 6.11. The Morgan fingerprint density at radius 2 is 0.619 bits per heavy atom. The van der Waals surface area contributed by atoms with Crippen molar-refractivity contribution in [2.45, 2.75) is 0 Å². The first kappa shape index (κ1) is 37.6. The summed E-state index contributed by atoms with van der Waals surface area (Å²) >= 11 is 0. The molecule has 10 aromatic carbocycles. The van der Waals surface area contributed by atoms with Gasteiger partial charge in [0.25, 0.3) is 0 Å². The Labute approximate surface area is 368 Å². The van der Waals surface area contributed by atoms with E-state index >= 15 is 0 Å².